The predicted molar refractivity (Wildman–Crippen MR) is 134 cm³/mol. The van der Waals surface area contributed by atoms with E-state index in [1.165, 1.54) is 30.5 Å². The first-order chi connectivity index (χ1) is 16.6. The lowest BCUT2D eigenvalue weighted by Gasteiger charge is -2.17. The Hall–Kier alpha value is -3.11. The summed E-state index contributed by atoms with van der Waals surface area (Å²) in [7, 11) is -7.78. The highest BCUT2D eigenvalue weighted by atomic mass is 32.2. The Kier molecular flexibility index (Phi) is 8.39. The van der Waals surface area contributed by atoms with Crippen LogP contribution in [0.4, 0.5) is 11.5 Å². The van der Waals surface area contributed by atoms with Crippen LogP contribution in [0, 0.1) is 6.92 Å². The highest BCUT2D eigenvalue weighted by molar-refractivity contribution is 7.97. The zero-order valence-electron chi connectivity index (χ0n) is 19.6. The number of nitrogens with zero attached hydrogens (tertiary/aromatic N) is 2. The van der Waals surface area contributed by atoms with Gasteiger partial charge in [-0.3, -0.25) is 9.36 Å². The second-order valence-electron chi connectivity index (χ2n) is 7.52. The Labute approximate surface area is 204 Å². The number of aromatic nitrogens is 2. The minimum atomic E-state index is -3.97. The number of sulfone groups is 1. The van der Waals surface area contributed by atoms with E-state index in [-0.39, 0.29) is 29.6 Å². The Morgan fingerprint density at radius 3 is 2.20 bits per heavy atom. The molecule has 10 nitrogen and oxygen atoms in total. The topological polar surface area (TPSA) is 151 Å². The van der Waals surface area contributed by atoms with Crippen molar-refractivity contribution < 1.29 is 26.8 Å². The molecule has 186 valence electrons. The van der Waals surface area contributed by atoms with Gasteiger partial charge in [0.1, 0.15) is 0 Å². The molecule has 35 heavy (non-hydrogen) atoms. The first kappa shape index (κ1) is 26.5. The standard InChI is InChI=1S/C23H27N4O6PS/c1-4-32-34(29,33-5-2)15-35(30,31)19-12-10-18(11-13-19)26-23(28)21-22(24)25-14-20(27-21)17-8-6-16(3)7-9-17/h6-14H,4-5,15H2,1-3H3,(H2,24,25)(H,26,28). The van der Waals surface area contributed by atoms with Gasteiger partial charge in [-0.25, -0.2) is 18.4 Å². The molecule has 3 rings (SSSR count). The third-order valence-electron chi connectivity index (χ3n) is 4.81. The Morgan fingerprint density at radius 1 is 1.03 bits per heavy atom. The average molecular weight is 519 g/mol. The third-order valence-corrected chi connectivity index (χ3v) is 9.73. The van der Waals surface area contributed by atoms with Crippen LogP contribution in [0.15, 0.2) is 59.6 Å². The second-order valence-corrected chi connectivity index (χ2v) is 12.0. The lowest BCUT2D eigenvalue weighted by Crippen LogP contribution is -2.17. The zero-order valence-corrected chi connectivity index (χ0v) is 21.3. The summed E-state index contributed by atoms with van der Waals surface area (Å²) in [5.74, 6) is -0.642. The van der Waals surface area contributed by atoms with E-state index >= 15 is 0 Å². The van der Waals surface area contributed by atoms with Crippen LogP contribution in [0.1, 0.15) is 29.9 Å². The van der Waals surface area contributed by atoms with Crippen molar-refractivity contribution in [3.63, 3.8) is 0 Å². The number of rotatable bonds is 10. The molecule has 3 aromatic rings. The summed E-state index contributed by atoms with van der Waals surface area (Å²) < 4.78 is 48.3. The second kappa shape index (κ2) is 11.1. The molecule has 3 N–H and O–H groups in total. The predicted octanol–water partition coefficient (Wildman–Crippen LogP) is 4.28. The van der Waals surface area contributed by atoms with E-state index in [1.54, 1.807) is 13.8 Å². The summed E-state index contributed by atoms with van der Waals surface area (Å²) in [6.45, 7) is 5.26. The number of nitrogen functional groups attached to an aromatic ring is 1. The normalized spacial score (nSPS) is 11.9. The van der Waals surface area contributed by atoms with Gasteiger partial charge in [-0.05, 0) is 45.0 Å². The van der Waals surface area contributed by atoms with Crippen molar-refractivity contribution >= 4 is 34.8 Å². The minimum Gasteiger partial charge on any atom is -0.382 e. The smallest absolute Gasteiger partial charge is 0.346 e. The van der Waals surface area contributed by atoms with Crippen molar-refractivity contribution in [2.45, 2.75) is 25.7 Å². The number of carbonyl (C=O) groups is 1. The summed E-state index contributed by atoms with van der Waals surface area (Å²) in [5.41, 5.74) is 7.69. The van der Waals surface area contributed by atoms with Crippen LogP contribution in [0.5, 0.6) is 0 Å². The largest absolute Gasteiger partial charge is 0.382 e. The number of hydrogen-bond donors (Lipinski definition) is 2. The monoisotopic (exact) mass is 518 g/mol. The van der Waals surface area contributed by atoms with Gasteiger partial charge in [-0.1, -0.05) is 29.8 Å². The number of nitrogens with one attached hydrogen (secondary N) is 1. The van der Waals surface area contributed by atoms with E-state index < -0.39 is 28.8 Å². The van der Waals surface area contributed by atoms with Crippen molar-refractivity contribution in [2.75, 3.05) is 29.8 Å². The van der Waals surface area contributed by atoms with Gasteiger partial charge < -0.3 is 20.1 Å². The fourth-order valence-electron chi connectivity index (χ4n) is 3.15. The van der Waals surface area contributed by atoms with E-state index in [0.717, 1.165) is 11.1 Å². The Morgan fingerprint density at radius 2 is 1.63 bits per heavy atom. The molecule has 1 heterocycles. The van der Waals surface area contributed by atoms with E-state index in [9.17, 15) is 17.8 Å². The molecule has 0 aliphatic carbocycles. The van der Waals surface area contributed by atoms with Gasteiger partial charge in [-0.2, -0.15) is 0 Å². The van der Waals surface area contributed by atoms with Crippen molar-refractivity contribution in [3.8, 4) is 11.3 Å². The zero-order chi connectivity index (χ0) is 25.6. The number of carbonyl (C=O) groups excluding carboxylic acids is 1. The molecule has 12 heteroatoms. The number of nitrogens with two attached hydrogens (primary N) is 1. The maximum Gasteiger partial charge on any atom is 0.346 e. The third kappa shape index (κ3) is 6.73. The molecule has 1 amide bonds. The highest BCUT2D eigenvalue weighted by Crippen LogP contribution is 2.50. The van der Waals surface area contributed by atoms with Crippen LogP contribution in [0.3, 0.4) is 0 Å². The van der Waals surface area contributed by atoms with Gasteiger partial charge in [-0.15, -0.1) is 0 Å². The number of benzene rings is 2. The van der Waals surface area contributed by atoms with Crippen LogP contribution < -0.4 is 11.1 Å². The lowest BCUT2D eigenvalue weighted by molar-refractivity contribution is 0.102. The molecule has 0 spiro atoms. The van der Waals surface area contributed by atoms with E-state index in [0.29, 0.717) is 11.4 Å². The molecular formula is C23H27N4O6PS. The molecule has 2 aromatic carbocycles. The van der Waals surface area contributed by atoms with Crippen molar-refractivity contribution in [1.29, 1.82) is 0 Å². The van der Waals surface area contributed by atoms with Crippen molar-refractivity contribution in [1.82, 2.24) is 9.97 Å². The number of hydrogen-bond acceptors (Lipinski definition) is 9. The fourth-order valence-corrected chi connectivity index (χ4v) is 7.42. The van der Waals surface area contributed by atoms with Crippen LogP contribution in [-0.2, 0) is 23.4 Å². The molecular weight excluding hydrogens is 491 g/mol. The molecule has 0 saturated carbocycles. The number of anilines is 2. The van der Waals surface area contributed by atoms with E-state index in [4.69, 9.17) is 14.8 Å². The van der Waals surface area contributed by atoms with Crippen molar-refractivity contribution in [3.05, 3.63) is 66.0 Å². The Bertz CT molecular complexity index is 1340. The summed E-state index contributed by atoms with van der Waals surface area (Å²) in [6, 6.07) is 13.0. The molecule has 0 saturated heterocycles. The fraction of sp³-hybridized carbons (Fsp3) is 0.261. The first-order valence-corrected chi connectivity index (χ1v) is 14.2. The molecule has 0 radical (unpaired) electrons. The van der Waals surface area contributed by atoms with Crippen LogP contribution >= 0.6 is 7.60 Å². The van der Waals surface area contributed by atoms with Crippen molar-refractivity contribution in [2.24, 2.45) is 0 Å². The van der Waals surface area contributed by atoms with Crippen LogP contribution in [0.25, 0.3) is 11.3 Å². The number of amides is 1. The van der Waals surface area contributed by atoms with E-state index in [1.807, 2.05) is 31.2 Å². The van der Waals surface area contributed by atoms with Crippen LogP contribution in [-0.4, -0.2) is 43.0 Å². The molecule has 0 fully saturated rings. The quantitative estimate of drug-likeness (QED) is 0.375. The SMILES string of the molecule is CCOP(=O)(CS(=O)(=O)c1ccc(NC(=O)c2nc(-c3ccc(C)cc3)cnc2N)cc1)OCC. The highest BCUT2D eigenvalue weighted by Gasteiger charge is 2.32. The number of aryl methyl sites for hydroxylation is 1. The van der Waals surface area contributed by atoms with Crippen LogP contribution in [0.2, 0.25) is 0 Å². The maximum atomic E-state index is 12.8. The molecule has 1 aromatic heterocycles. The molecule has 0 aliphatic rings. The summed E-state index contributed by atoms with van der Waals surface area (Å²) in [4.78, 5) is 21.1. The first-order valence-electron chi connectivity index (χ1n) is 10.8. The van der Waals surface area contributed by atoms with Gasteiger partial charge in [0.05, 0.1) is 30.0 Å². The van der Waals surface area contributed by atoms with Gasteiger partial charge in [0, 0.05) is 11.3 Å². The summed E-state index contributed by atoms with van der Waals surface area (Å²) in [6.07, 6.45) is 1.49. The summed E-state index contributed by atoms with van der Waals surface area (Å²) in [5, 5.41) is 2.63. The molecule has 0 unspecified atom stereocenters. The maximum absolute atomic E-state index is 12.8. The minimum absolute atomic E-state index is 0.0415. The average Bonchev–Trinajstić information content (AvgIpc) is 2.80. The lowest BCUT2D eigenvalue weighted by atomic mass is 10.1. The van der Waals surface area contributed by atoms with Gasteiger partial charge >= 0.3 is 7.60 Å². The summed E-state index contributed by atoms with van der Waals surface area (Å²) >= 11 is 0. The van der Waals surface area contributed by atoms with Gasteiger partial charge in [0.15, 0.2) is 26.8 Å². The Balaban J connectivity index is 1.77. The van der Waals surface area contributed by atoms with Gasteiger partial charge in [0.2, 0.25) is 0 Å². The molecule has 0 atom stereocenters. The van der Waals surface area contributed by atoms with Gasteiger partial charge in [0.25, 0.3) is 5.91 Å². The molecule has 0 bridgehead atoms. The molecule has 0 aliphatic heterocycles. The van der Waals surface area contributed by atoms with E-state index in [2.05, 4.69) is 15.3 Å².